The fraction of sp³-hybridized carbons (Fsp3) is 0.400. The number of aliphatic hydroxyl groups excluding tert-OH is 1. The summed E-state index contributed by atoms with van der Waals surface area (Å²) in [6, 6.07) is 1.85. The van der Waals surface area contributed by atoms with Crippen LogP contribution in [0.25, 0.3) is 5.57 Å². The Bertz CT molecular complexity index is 615. The highest BCUT2D eigenvalue weighted by atomic mass is 35.5. The van der Waals surface area contributed by atoms with Gasteiger partial charge in [0.1, 0.15) is 5.76 Å². The molecule has 102 valence electrons. The second kappa shape index (κ2) is 4.57. The van der Waals surface area contributed by atoms with E-state index in [2.05, 4.69) is 0 Å². The van der Waals surface area contributed by atoms with E-state index in [9.17, 15) is 9.90 Å². The molecule has 1 N–H and O–H groups in total. The molecule has 1 aliphatic rings. The molecule has 0 radical (unpaired) electrons. The van der Waals surface area contributed by atoms with Gasteiger partial charge in [-0.3, -0.25) is 4.79 Å². The summed E-state index contributed by atoms with van der Waals surface area (Å²) in [6.07, 6.45) is 0. The lowest BCUT2D eigenvalue weighted by atomic mass is 9.92. The molecular formula is C15H17ClO2S. The van der Waals surface area contributed by atoms with Gasteiger partial charge in [-0.2, -0.15) is 0 Å². The molecule has 1 aliphatic heterocycles. The van der Waals surface area contributed by atoms with Gasteiger partial charge in [0.2, 0.25) is 5.12 Å². The van der Waals surface area contributed by atoms with Crippen molar-refractivity contribution in [3.05, 3.63) is 39.1 Å². The average molecular weight is 297 g/mol. The Labute approximate surface area is 122 Å². The molecule has 0 atom stereocenters. The molecule has 4 heteroatoms. The van der Waals surface area contributed by atoms with E-state index in [-0.39, 0.29) is 10.9 Å². The molecule has 1 aromatic rings. The van der Waals surface area contributed by atoms with E-state index in [1.54, 1.807) is 0 Å². The SMILES string of the molecule is Cc1cc(Cl)c(C2=C(O)C(C)(C)SC2=O)c(C)c1C. The summed E-state index contributed by atoms with van der Waals surface area (Å²) in [7, 11) is 0. The summed E-state index contributed by atoms with van der Waals surface area (Å²) in [6.45, 7) is 9.60. The quantitative estimate of drug-likeness (QED) is 0.824. The number of aliphatic hydroxyl groups is 1. The number of aryl methyl sites for hydroxylation is 1. The molecule has 0 aliphatic carbocycles. The first kappa shape index (κ1) is 14.5. The number of carbonyl (C=O) groups is 1. The van der Waals surface area contributed by atoms with Gasteiger partial charge in [-0.15, -0.1) is 0 Å². The topological polar surface area (TPSA) is 37.3 Å². The van der Waals surface area contributed by atoms with Crippen molar-refractivity contribution in [1.82, 2.24) is 0 Å². The third kappa shape index (κ3) is 2.19. The highest BCUT2D eigenvalue weighted by molar-refractivity contribution is 8.16. The van der Waals surface area contributed by atoms with E-state index >= 15 is 0 Å². The maximum atomic E-state index is 12.2. The zero-order valence-electron chi connectivity index (χ0n) is 11.7. The van der Waals surface area contributed by atoms with Crippen LogP contribution in [0.4, 0.5) is 0 Å². The number of hydrogen-bond acceptors (Lipinski definition) is 3. The van der Waals surface area contributed by atoms with Gasteiger partial charge >= 0.3 is 0 Å². The summed E-state index contributed by atoms with van der Waals surface area (Å²) in [5.41, 5.74) is 4.18. The van der Waals surface area contributed by atoms with Gasteiger partial charge in [-0.25, -0.2) is 0 Å². The van der Waals surface area contributed by atoms with E-state index in [1.807, 2.05) is 40.7 Å². The van der Waals surface area contributed by atoms with E-state index in [1.165, 1.54) is 0 Å². The molecule has 2 nitrogen and oxygen atoms in total. The zero-order chi connectivity index (χ0) is 14.5. The van der Waals surface area contributed by atoms with Crippen molar-refractivity contribution < 1.29 is 9.90 Å². The third-order valence-electron chi connectivity index (χ3n) is 3.72. The first-order valence-electron chi connectivity index (χ1n) is 6.10. The van der Waals surface area contributed by atoms with E-state index in [4.69, 9.17) is 11.6 Å². The lowest BCUT2D eigenvalue weighted by molar-refractivity contribution is -0.106. The molecule has 0 saturated heterocycles. The van der Waals surface area contributed by atoms with Crippen molar-refractivity contribution in [2.45, 2.75) is 39.4 Å². The van der Waals surface area contributed by atoms with Gasteiger partial charge in [0.05, 0.1) is 10.3 Å². The first-order chi connectivity index (χ1) is 8.66. The highest BCUT2D eigenvalue weighted by Crippen LogP contribution is 2.48. The molecule has 0 saturated carbocycles. The van der Waals surface area contributed by atoms with Crippen LogP contribution in [0.5, 0.6) is 0 Å². The van der Waals surface area contributed by atoms with Gasteiger partial charge in [-0.1, -0.05) is 23.4 Å². The Kier molecular flexibility index (Phi) is 3.48. The largest absolute Gasteiger partial charge is 0.510 e. The molecule has 0 amide bonds. The van der Waals surface area contributed by atoms with Crippen LogP contribution < -0.4 is 0 Å². The molecule has 1 aromatic carbocycles. The molecule has 1 heterocycles. The van der Waals surface area contributed by atoms with Crippen molar-refractivity contribution in [3.63, 3.8) is 0 Å². The monoisotopic (exact) mass is 296 g/mol. The van der Waals surface area contributed by atoms with Crippen LogP contribution in [-0.2, 0) is 4.79 Å². The second-order valence-corrected chi connectivity index (χ2v) is 7.43. The molecule has 0 unspecified atom stereocenters. The highest BCUT2D eigenvalue weighted by Gasteiger charge is 2.41. The Hall–Kier alpha value is -0.930. The molecule has 0 spiro atoms. The number of thioether (sulfide) groups is 1. The Morgan fingerprint density at radius 2 is 1.79 bits per heavy atom. The molecule has 0 fully saturated rings. The maximum Gasteiger partial charge on any atom is 0.224 e. The number of hydrogen-bond donors (Lipinski definition) is 1. The fourth-order valence-corrected chi connectivity index (χ4v) is 3.65. The summed E-state index contributed by atoms with van der Waals surface area (Å²) < 4.78 is -0.582. The number of carbonyl (C=O) groups excluding carboxylic acids is 1. The van der Waals surface area contributed by atoms with Gasteiger partial charge < -0.3 is 5.11 Å². The molecule has 2 rings (SSSR count). The van der Waals surface area contributed by atoms with E-state index in [0.717, 1.165) is 28.5 Å². The van der Waals surface area contributed by atoms with Crippen LogP contribution in [0.2, 0.25) is 5.02 Å². The van der Waals surface area contributed by atoms with Crippen LogP contribution >= 0.6 is 23.4 Å². The minimum atomic E-state index is -0.582. The first-order valence-corrected chi connectivity index (χ1v) is 7.30. The summed E-state index contributed by atoms with van der Waals surface area (Å²) in [5.74, 6) is 0.121. The van der Waals surface area contributed by atoms with E-state index < -0.39 is 4.75 Å². The van der Waals surface area contributed by atoms with Crippen LogP contribution in [0.1, 0.15) is 36.1 Å². The van der Waals surface area contributed by atoms with E-state index in [0.29, 0.717) is 16.2 Å². The lowest BCUT2D eigenvalue weighted by Crippen LogP contribution is -2.14. The number of halogens is 1. The zero-order valence-corrected chi connectivity index (χ0v) is 13.3. The Morgan fingerprint density at radius 3 is 2.26 bits per heavy atom. The summed E-state index contributed by atoms with van der Waals surface area (Å²) in [4.78, 5) is 12.2. The van der Waals surface area contributed by atoms with Crippen LogP contribution in [0.15, 0.2) is 11.8 Å². The summed E-state index contributed by atoms with van der Waals surface area (Å²) >= 11 is 7.44. The smallest absolute Gasteiger partial charge is 0.224 e. The van der Waals surface area contributed by atoms with Gasteiger partial charge in [0.15, 0.2) is 0 Å². The predicted molar refractivity (Wildman–Crippen MR) is 81.9 cm³/mol. The molecule has 19 heavy (non-hydrogen) atoms. The summed E-state index contributed by atoms with van der Waals surface area (Å²) in [5, 5.41) is 10.7. The molecular weight excluding hydrogens is 280 g/mol. The maximum absolute atomic E-state index is 12.2. The fourth-order valence-electron chi connectivity index (χ4n) is 2.29. The molecule has 0 bridgehead atoms. The van der Waals surface area contributed by atoms with Gasteiger partial charge in [0, 0.05) is 10.6 Å². The van der Waals surface area contributed by atoms with Crippen molar-refractivity contribution in [3.8, 4) is 0 Å². The van der Waals surface area contributed by atoms with Crippen LogP contribution in [0, 0.1) is 20.8 Å². The van der Waals surface area contributed by atoms with Crippen molar-refractivity contribution in [2.24, 2.45) is 0 Å². The number of rotatable bonds is 1. The minimum absolute atomic E-state index is 0.115. The second-order valence-electron chi connectivity index (χ2n) is 5.42. The van der Waals surface area contributed by atoms with Gasteiger partial charge in [-0.05, 0) is 57.4 Å². The van der Waals surface area contributed by atoms with Crippen molar-refractivity contribution in [2.75, 3.05) is 0 Å². The average Bonchev–Trinajstić information content (AvgIpc) is 2.48. The number of benzene rings is 1. The normalized spacial score (nSPS) is 18.3. The Balaban J connectivity index is 2.77. The van der Waals surface area contributed by atoms with Crippen molar-refractivity contribution >= 4 is 34.1 Å². The van der Waals surface area contributed by atoms with Crippen LogP contribution in [-0.4, -0.2) is 15.0 Å². The predicted octanol–water partition coefficient (Wildman–Crippen LogP) is 4.59. The standard InChI is InChI=1S/C15H17ClO2S/c1-7-6-10(16)11(9(3)8(7)2)12-13(17)15(4,5)19-14(12)18/h6,17H,1-5H3. The molecule has 0 aromatic heterocycles. The Morgan fingerprint density at radius 1 is 1.21 bits per heavy atom. The third-order valence-corrected chi connectivity index (χ3v) is 5.11. The van der Waals surface area contributed by atoms with Crippen molar-refractivity contribution in [1.29, 1.82) is 0 Å². The van der Waals surface area contributed by atoms with Crippen LogP contribution in [0.3, 0.4) is 0 Å². The lowest BCUT2D eigenvalue weighted by Gasteiger charge is -2.16. The van der Waals surface area contributed by atoms with Gasteiger partial charge in [0.25, 0.3) is 0 Å². The minimum Gasteiger partial charge on any atom is -0.510 e.